The van der Waals surface area contributed by atoms with Crippen molar-refractivity contribution >= 4 is 12.0 Å². The number of carbonyl (C=O) groups excluding carboxylic acids is 2. The molecule has 2 amide bonds. The zero-order valence-electron chi connectivity index (χ0n) is 16.3. The maximum Gasteiger partial charge on any atom is 0.409 e. The second-order valence-electron chi connectivity index (χ2n) is 6.89. The highest BCUT2D eigenvalue weighted by Gasteiger charge is 2.24. The van der Waals surface area contributed by atoms with Crippen LogP contribution in [0.5, 0.6) is 0 Å². The highest BCUT2D eigenvalue weighted by atomic mass is 16.6. The summed E-state index contributed by atoms with van der Waals surface area (Å²) in [6.45, 7) is 5.36. The lowest BCUT2D eigenvalue weighted by Gasteiger charge is -2.31. The van der Waals surface area contributed by atoms with E-state index in [1.165, 1.54) is 0 Å². The van der Waals surface area contributed by atoms with Gasteiger partial charge in [0.25, 0.3) is 0 Å². The van der Waals surface area contributed by atoms with Crippen LogP contribution in [0, 0.1) is 6.92 Å². The Hall–Kier alpha value is -2.90. The molecule has 1 N–H and O–H groups in total. The summed E-state index contributed by atoms with van der Waals surface area (Å²) in [6.07, 6.45) is 1.85. The van der Waals surface area contributed by atoms with Crippen molar-refractivity contribution in [3.63, 3.8) is 0 Å². The van der Waals surface area contributed by atoms with E-state index in [9.17, 15) is 9.59 Å². The SMILES string of the molecule is CCOC(=O)N1CCC(NC(=O)CCc2nnc(-c3ccc(C)cc3)o2)CC1. The van der Waals surface area contributed by atoms with E-state index in [0.717, 1.165) is 24.0 Å². The number of piperidine rings is 1. The fraction of sp³-hybridized carbons (Fsp3) is 0.500. The van der Waals surface area contributed by atoms with Gasteiger partial charge in [-0.05, 0) is 38.8 Å². The van der Waals surface area contributed by atoms with Gasteiger partial charge in [-0.2, -0.15) is 0 Å². The number of aromatic nitrogens is 2. The van der Waals surface area contributed by atoms with Crippen molar-refractivity contribution in [1.82, 2.24) is 20.4 Å². The van der Waals surface area contributed by atoms with E-state index in [-0.39, 0.29) is 24.5 Å². The molecule has 0 aliphatic carbocycles. The molecule has 1 aromatic carbocycles. The summed E-state index contributed by atoms with van der Waals surface area (Å²) < 4.78 is 10.7. The van der Waals surface area contributed by atoms with Crippen LogP contribution in [-0.4, -0.2) is 52.8 Å². The number of carbonyl (C=O) groups is 2. The molecule has 1 aliphatic heterocycles. The van der Waals surface area contributed by atoms with Crippen LogP contribution < -0.4 is 5.32 Å². The van der Waals surface area contributed by atoms with Crippen LogP contribution in [0.25, 0.3) is 11.5 Å². The molecular formula is C20H26N4O4. The molecule has 1 aliphatic rings. The molecule has 8 nitrogen and oxygen atoms in total. The number of amides is 2. The Morgan fingerprint density at radius 2 is 1.93 bits per heavy atom. The molecule has 0 atom stereocenters. The first-order valence-electron chi connectivity index (χ1n) is 9.65. The third kappa shape index (κ3) is 5.31. The lowest BCUT2D eigenvalue weighted by atomic mass is 10.1. The number of hydrogen-bond donors (Lipinski definition) is 1. The molecule has 1 saturated heterocycles. The molecule has 0 spiro atoms. The molecule has 150 valence electrons. The maximum absolute atomic E-state index is 12.2. The minimum Gasteiger partial charge on any atom is -0.450 e. The highest BCUT2D eigenvalue weighted by molar-refractivity contribution is 5.76. The Bertz CT molecular complexity index is 795. The van der Waals surface area contributed by atoms with Crippen LogP contribution in [0.4, 0.5) is 4.79 Å². The van der Waals surface area contributed by atoms with E-state index < -0.39 is 0 Å². The van der Waals surface area contributed by atoms with E-state index in [1.54, 1.807) is 11.8 Å². The molecular weight excluding hydrogens is 360 g/mol. The summed E-state index contributed by atoms with van der Waals surface area (Å²) in [4.78, 5) is 25.6. The van der Waals surface area contributed by atoms with Crippen LogP contribution in [0.15, 0.2) is 28.7 Å². The number of aryl methyl sites for hydroxylation is 2. The van der Waals surface area contributed by atoms with Gasteiger partial charge in [-0.25, -0.2) is 4.79 Å². The quantitative estimate of drug-likeness (QED) is 0.820. The summed E-state index contributed by atoms with van der Waals surface area (Å²) in [6, 6.07) is 7.91. The Morgan fingerprint density at radius 1 is 1.21 bits per heavy atom. The second-order valence-corrected chi connectivity index (χ2v) is 6.89. The Morgan fingerprint density at radius 3 is 2.61 bits per heavy atom. The largest absolute Gasteiger partial charge is 0.450 e. The van der Waals surface area contributed by atoms with Crippen LogP contribution in [0.3, 0.4) is 0 Å². The molecule has 1 fully saturated rings. The second kappa shape index (κ2) is 9.34. The predicted octanol–water partition coefficient (Wildman–Crippen LogP) is 2.71. The van der Waals surface area contributed by atoms with E-state index in [2.05, 4.69) is 15.5 Å². The fourth-order valence-corrected chi connectivity index (χ4v) is 3.11. The lowest BCUT2D eigenvalue weighted by Crippen LogP contribution is -2.46. The van der Waals surface area contributed by atoms with Crippen molar-refractivity contribution in [1.29, 1.82) is 0 Å². The number of likely N-dealkylation sites (tertiary alicyclic amines) is 1. The van der Waals surface area contributed by atoms with E-state index >= 15 is 0 Å². The summed E-state index contributed by atoms with van der Waals surface area (Å²) in [5.41, 5.74) is 2.02. The zero-order chi connectivity index (χ0) is 19.9. The standard InChI is InChI=1S/C20H26N4O4/c1-3-27-20(26)24-12-10-16(11-13-24)21-17(25)8-9-18-22-23-19(28-18)15-6-4-14(2)5-7-15/h4-7,16H,3,8-13H2,1-2H3,(H,21,25). The summed E-state index contributed by atoms with van der Waals surface area (Å²) in [5.74, 6) is 0.856. The van der Waals surface area contributed by atoms with Gasteiger partial charge in [0.15, 0.2) is 0 Å². The van der Waals surface area contributed by atoms with Crippen molar-refractivity contribution in [3.05, 3.63) is 35.7 Å². The summed E-state index contributed by atoms with van der Waals surface area (Å²) in [5, 5.41) is 11.1. The molecule has 28 heavy (non-hydrogen) atoms. The molecule has 0 unspecified atom stereocenters. The van der Waals surface area contributed by atoms with Crippen LogP contribution in [0.1, 0.15) is 37.6 Å². The van der Waals surface area contributed by atoms with E-state index in [4.69, 9.17) is 9.15 Å². The van der Waals surface area contributed by atoms with Gasteiger partial charge in [-0.3, -0.25) is 4.79 Å². The molecule has 3 rings (SSSR count). The molecule has 8 heteroatoms. The van der Waals surface area contributed by atoms with Crippen molar-refractivity contribution in [2.24, 2.45) is 0 Å². The third-order valence-electron chi connectivity index (χ3n) is 4.72. The van der Waals surface area contributed by atoms with Gasteiger partial charge < -0.3 is 19.4 Å². The smallest absolute Gasteiger partial charge is 0.409 e. The fourth-order valence-electron chi connectivity index (χ4n) is 3.11. The number of nitrogens with one attached hydrogen (secondary N) is 1. The maximum atomic E-state index is 12.2. The third-order valence-corrected chi connectivity index (χ3v) is 4.72. The summed E-state index contributed by atoms with van der Waals surface area (Å²) >= 11 is 0. The van der Waals surface area contributed by atoms with Crippen LogP contribution in [0.2, 0.25) is 0 Å². The number of ether oxygens (including phenoxy) is 1. The number of benzene rings is 1. The van der Waals surface area contributed by atoms with Crippen LogP contribution >= 0.6 is 0 Å². The minimum absolute atomic E-state index is 0.0512. The summed E-state index contributed by atoms with van der Waals surface area (Å²) in [7, 11) is 0. The predicted molar refractivity (Wildman–Crippen MR) is 103 cm³/mol. The minimum atomic E-state index is -0.284. The van der Waals surface area contributed by atoms with Gasteiger partial charge in [-0.1, -0.05) is 17.7 Å². The van der Waals surface area contributed by atoms with Crippen molar-refractivity contribution in [2.45, 2.75) is 45.6 Å². The average molecular weight is 386 g/mol. The van der Waals surface area contributed by atoms with Crippen LogP contribution in [-0.2, 0) is 16.0 Å². The van der Waals surface area contributed by atoms with Gasteiger partial charge in [-0.15, -0.1) is 10.2 Å². The Kier molecular flexibility index (Phi) is 6.62. The first-order chi connectivity index (χ1) is 13.5. The first kappa shape index (κ1) is 19.9. The number of hydrogen-bond acceptors (Lipinski definition) is 6. The molecule has 1 aromatic heterocycles. The molecule has 0 saturated carbocycles. The first-order valence-corrected chi connectivity index (χ1v) is 9.65. The lowest BCUT2D eigenvalue weighted by molar-refractivity contribution is -0.122. The van der Waals surface area contributed by atoms with E-state index in [0.29, 0.717) is 37.9 Å². The van der Waals surface area contributed by atoms with Crippen molar-refractivity contribution < 1.29 is 18.7 Å². The highest BCUT2D eigenvalue weighted by Crippen LogP contribution is 2.19. The van der Waals surface area contributed by atoms with Gasteiger partial charge in [0.05, 0.1) is 6.61 Å². The normalized spacial score (nSPS) is 14.7. The van der Waals surface area contributed by atoms with Gasteiger partial charge in [0.2, 0.25) is 17.7 Å². The topological polar surface area (TPSA) is 97.6 Å². The Labute approximate surface area is 164 Å². The van der Waals surface area contributed by atoms with Gasteiger partial charge in [0, 0.05) is 37.5 Å². The molecule has 0 radical (unpaired) electrons. The molecule has 2 aromatic rings. The average Bonchev–Trinajstić information content (AvgIpc) is 3.17. The molecule has 2 heterocycles. The van der Waals surface area contributed by atoms with Crippen molar-refractivity contribution in [3.8, 4) is 11.5 Å². The monoisotopic (exact) mass is 386 g/mol. The van der Waals surface area contributed by atoms with Gasteiger partial charge in [0.1, 0.15) is 0 Å². The zero-order valence-corrected chi connectivity index (χ0v) is 16.3. The molecule has 0 bridgehead atoms. The number of rotatable bonds is 6. The Balaban J connectivity index is 1.42. The van der Waals surface area contributed by atoms with Gasteiger partial charge >= 0.3 is 6.09 Å². The van der Waals surface area contributed by atoms with Crippen molar-refractivity contribution in [2.75, 3.05) is 19.7 Å². The number of nitrogens with zero attached hydrogens (tertiary/aromatic N) is 3. The van der Waals surface area contributed by atoms with E-state index in [1.807, 2.05) is 31.2 Å².